The average molecular weight is 291 g/mol. The molecule has 0 aromatic carbocycles. The lowest BCUT2D eigenvalue weighted by Crippen LogP contribution is -2.59. The molecule has 0 radical (unpaired) electrons. The number of carbonyl (C=O) groups is 2. The van der Waals surface area contributed by atoms with E-state index in [0.29, 0.717) is 0 Å². The first-order valence-corrected chi connectivity index (χ1v) is 5.81. The lowest BCUT2D eigenvalue weighted by atomic mass is 9.94. The second-order valence-electron chi connectivity index (χ2n) is 4.38. The van der Waals surface area contributed by atoms with E-state index >= 15 is 0 Å². The van der Waals surface area contributed by atoms with Crippen LogP contribution in [0.2, 0.25) is 0 Å². The molecule has 1 aliphatic rings. The fourth-order valence-corrected chi connectivity index (χ4v) is 1.85. The summed E-state index contributed by atoms with van der Waals surface area (Å²) in [5, 5.41) is 49.0. The molecule has 114 valence electrons. The number of carboxylic acid groups (broad SMARTS) is 1. The third-order valence-electron chi connectivity index (χ3n) is 2.81. The molecule has 6 N–H and O–H groups in total. The highest BCUT2D eigenvalue weighted by Gasteiger charge is 2.42. The number of aliphatic hydroxyl groups excluding tert-OH is 4. The molecule has 5 atom stereocenters. The van der Waals surface area contributed by atoms with E-state index in [2.05, 4.69) is 5.32 Å². The summed E-state index contributed by atoms with van der Waals surface area (Å²) in [6, 6.07) is -1.16. The van der Waals surface area contributed by atoms with Gasteiger partial charge in [-0.1, -0.05) is 0 Å². The van der Waals surface area contributed by atoms with Crippen molar-refractivity contribution in [1.29, 1.82) is 0 Å². The minimum Gasteiger partial charge on any atom is -0.478 e. The molecule has 0 aliphatic carbocycles. The van der Waals surface area contributed by atoms with Crippen molar-refractivity contribution in [2.24, 2.45) is 0 Å². The molecule has 9 heteroatoms. The second kappa shape index (κ2) is 6.66. The van der Waals surface area contributed by atoms with Crippen molar-refractivity contribution in [1.82, 2.24) is 5.32 Å². The molecule has 0 aromatic heterocycles. The lowest BCUT2D eigenvalue weighted by Gasteiger charge is -2.37. The van der Waals surface area contributed by atoms with Crippen molar-refractivity contribution in [3.05, 3.63) is 11.8 Å². The van der Waals surface area contributed by atoms with Gasteiger partial charge in [-0.05, 0) is 6.08 Å². The SMILES string of the molecule is CC(=O)N[C@H]1[C@H]([C@H](O)[C@@H](O)CO)OC(C(=O)O)=C[C@@H]1O. The molecule has 1 heterocycles. The molecule has 1 amide bonds. The molecule has 0 fully saturated rings. The molecule has 1 aliphatic heterocycles. The maximum absolute atomic E-state index is 11.1. The highest BCUT2D eigenvalue weighted by molar-refractivity contribution is 5.84. The van der Waals surface area contributed by atoms with Crippen LogP contribution in [0, 0.1) is 0 Å². The summed E-state index contributed by atoms with van der Waals surface area (Å²) in [5.41, 5.74) is 0. The molecule has 0 saturated carbocycles. The zero-order chi connectivity index (χ0) is 15.4. The molecule has 20 heavy (non-hydrogen) atoms. The minimum absolute atomic E-state index is 0.541. The predicted molar refractivity (Wildman–Crippen MR) is 63.3 cm³/mol. The summed E-state index contributed by atoms with van der Waals surface area (Å²) in [6.07, 6.45) is -5.29. The summed E-state index contributed by atoms with van der Waals surface area (Å²) in [7, 11) is 0. The van der Waals surface area contributed by atoms with Crippen molar-refractivity contribution >= 4 is 11.9 Å². The van der Waals surface area contributed by atoms with Gasteiger partial charge in [0, 0.05) is 6.92 Å². The van der Waals surface area contributed by atoms with Crippen molar-refractivity contribution in [3.63, 3.8) is 0 Å². The number of ether oxygens (including phenoxy) is 1. The van der Waals surface area contributed by atoms with Crippen molar-refractivity contribution in [2.45, 2.75) is 37.4 Å². The van der Waals surface area contributed by atoms with Gasteiger partial charge in [0.15, 0.2) is 6.10 Å². The first-order chi connectivity index (χ1) is 9.27. The molecule has 0 aromatic rings. The van der Waals surface area contributed by atoms with Crippen LogP contribution in [-0.2, 0) is 14.3 Å². The zero-order valence-corrected chi connectivity index (χ0v) is 10.6. The van der Waals surface area contributed by atoms with Crippen LogP contribution >= 0.6 is 0 Å². The Morgan fingerprint density at radius 3 is 2.50 bits per heavy atom. The number of hydrogen-bond acceptors (Lipinski definition) is 7. The van der Waals surface area contributed by atoms with E-state index in [4.69, 9.17) is 14.9 Å². The Hall–Kier alpha value is -1.68. The smallest absolute Gasteiger partial charge is 0.370 e. The quantitative estimate of drug-likeness (QED) is 0.311. The second-order valence-corrected chi connectivity index (χ2v) is 4.38. The maximum Gasteiger partial charge on any atom is 0.370 e. The van der Waals surface area contributed by atoms with E-state index in [1.165, 1.54) is 0 Å². The van der Waals surface area contributed by atoms with Gasteiger partial charge in [0.2, 0.25) is 11.7 Å². The highest BCUT2D eigenvalue weighted by atomic mass is 16.5. The van der Waals surface area contributed by atoms with E-state index < -0.39 is 54.7 Å². The van der Waals surface area contributed by atoms with Gasteiger partial charge in [-0.15, -0.1) is 0 Å². The van der Waals surface area contributed by atoms with Crippen LogP contribution < -0.4 is 5.32 Å². The number of nitrogens with one attached hydrogen (secondary N) is 1. The van der Waals surface area contributed by atoms with E-state index in [9.17, 15) is 24.9 Å². The fourth-order valence-electron chi connectivity index (χ4n) is 1.85. The highest BCUT2D eigenvalue weighted by Crippen LogP contribution is 2.22. The number of hydrogen-bond donors (Lipinski definition) is 6. The van der Waals surface area contributed by atoms with Crippen LogP contribution in [0.4, 0.5) is 0 Å². The summed E-state index contributed by atoms with van der Waals surface area (Å²) >= 11 is 0. The number of aliphatic carboxylic acids is 1. The monoisotopic (exact) mass is 291 g/mol. The Bertz CT molecular complexity index is 409. The first kappa shape index (κ1) is 16.4. The van der Waals surface area contributed by atoms with Crippen LogP contribution in [0.1, 0.15) is 6.92 Å². The molecular formula is C11H17NO8. The predicted octanol–water partition coefficient (Wildman–Crippen LogP) is -3.07. The largest absolute Gasteiger partial charge is 0.478 e. The van der Waals surface area contributed by atoms with Crippen LogP contribution in [0.25, 0.3) is 0 Å². The van der Waals surface area contributed by atoms with E-state index in [-0.39, 0.29) is 0 Å². The Kier molecular flexibility index (Phi) is 5.45. The Balaban J connectivity index is 3.04. The van der Waals surface area contributed by atoms with E-state index in [1.807, 2.05) is 0 Å². The third kappa shape index (κ3) is 3.67. The number of carboxylic acids is 1. The first-order valence-electron chi connectivity index (χ1n) is 5.81. The van der Waals surface area contributed by atoms with E-state index in [1.54, 1.807) is 0 Å². The number of carbonyl (C=O) groups excluding carboxylic acids is 1. The standard InChI is InChI=1S/C11H17NO8/c1-4(14)12-8-5(15)2-7(11(18)19)20-10(8)9(17)6(16)3-13/h2,5-6,8-10,13,15-17H,3H2,1H3,(H,12,14)(H,18,19)/t5-,6-,8+,9+,10+/m0/s1. The normalized spacial score (nSPS) is 28.9. The van der Waals surface area contributed by atoms with Gasteiger partial charge >= 0.3 is 5.97 Å². The van der Waals surface area contributed by atoms with Crippen molar-refractivity contribution in [3.8, 4) is 0 Å². The molecule has 0 unspecified atom stereocenters. The van der Waals surface area contributed by atoms with Gasteiger partial charge in [-0.3, -0.25) is 4.79 Å². The van der Waals surface area contributed by atoms with Crippen LogP contribution in [0.5, 0.6) is 0 Å². The molecule has 0 bridgehead atoms. The summed E-state index contributed by atoms with van der Waals surface area (Å²) in [4.78, 5) is 21.9. The average Bonchev–Trinajstić information content (AvgIpc) is 2.38. The molecule has 0 spiro atoms. The van der Waals surface area contributed by atoms with Crippen LogP contribution in [-0.4, -0.2) is 74.5 Å². The summed E-state index contributed by atoms with van der Waals surface area (Å²) in [6.45, 7) is 0.366. The summed E-state index contributed by atoms with van der Waals surface area (Å²) in [5.74, 6) is -2.63. The minimum atomic E-state index is -1.70. The van der Waals surface area contributed by atoms with Gasteiger partial charge in [0.1, 0.15) is 18.3 Å². The molecule has 1 rings (SSSR count). The van der Waals surface area contributed by atoms with Crippen molar-refractivity contribution in [2.75, 3.05) is 6.61 Å². The maximum atomic E-state index is 11.1. The number of rotatable bonds is 5. The Labute approximate surface area is 114 Å². The number of aliphatic hydroxyl groups is 4. The van der Waals surface area contributed by atoms with Crippen LogP contribution in [0.3, 0.4) is 0 Å². The van der Waals surface area contributed by atoms with E-state index in [0.717, 1.165) is 13.0 Å². The summed E-state index contributed by atoms with van der Waals surface area (Å²) < 4.78 is 4.98. The fraction of sp³-hybridized carbons (Fsp3) is 0.636. The molecule has 9 nitrogen and oxygen atoms in total. The lowest BCUT2D eigenvalue weighted by molar-refractivity contribution is -0.149. The molecule has 0 saturated heterocycles. The van der Waals surface area contributed by atoms with Gasteiger partial charge in [-0.2, -0.15) is 0 Å². The van der Waals surface area contributed by atoms with Gasteiger partial charge in [0.05, 0.1) is 12.6 Å². The Morgan fingerprint density at radius 1 is 1.45 bits per heavy atom. The van der Waals surface area contributed by atoms with Crippen LogP contribution in [0.15, 0.2) is 11.8 Å². The molecular weight excluding hydrogens is 274 g/mol. The van der Waals surface area contributed by atoms with Gasteiger partial charge < -0.3 is 35.6 Å². The van der Waals surface area contributed by atoms with Crippen molar-refractivity contribution < 1.29 is 39.9 Å². The van der Waals surface area contributed by atoms with Gasteiger partial charge in [0.25, 0.3) is 0 Å². The number of amides is 1. The zero-order valence-electron chi connectivity index (χ0n) is 10.6. The third-order valence-corrected chi connectivity index (χ3v) is 2.81. The van der Waals surface area contributed by atoms with Gasteiger partial charge in [-0.25, -0.2) is 4.79 Å². The Morgan fingerprint density at radius 2 is 2.05 bits per heavy atom. The topological polar surface area (TPSA) is 157 Å².